The van der Waals surface area contributed by atoms with Crippen molar-refractivity contribution in [3.05, 3.63) is 59.2 Å². The van der Waals surface area contributed by atoms with Crippen molar-refractivity contribution >= 4 is 11.6 Å². The highest BCUT2D eigenvalue weighted by Gasteiger charge is 2.15. The Morgan fingerprint density at radius 1 is 1.24 bits per heavy atom. The molecule has 4 heteroatoms. The minimum Gasteiger partial charge on any atom is -0.496 e. The Morgan fingerprint density at radius 2 is 2.00 bits per heavy atom. The van der Waals surface area contributed by atoms with Gasteiger partial charge in [-0.1, -0.05) is 18.2 Å². The Morgan fingerprint density at radius 3 is 2.67 bits per heavy atom. The maximum Gasteiger partial charge on any atom is 0.258 e. The summed E-state index contributed by atoms with van der Waals surface area (Å²) in [6, 6.07) is 13.1. The van der Waals surface area contributed by atoms with Crippen LogP contribution in [0.15, 0.2) is 42.5 Å². The van der Waals surface area contributed by atoms with Gasteiger partial charge in [0.25, 0.3) is 5.91 Å². The standard InChI is InChI=1S/C17H20N2O2/c1-12-7-8-14(10-16(12)21-3)17(20)19(2)15-6-4-5-13(9-15)11-18/h4-10H,11,18H2,1-3H3. The van der Waals surface area contributed by atoms with E-state index in [1.807, 2.05) is 43.3 Å². The molecule has 0 bridgehead atoms. The SMILES string of the molecule is COc1cc(C(=O)N(C)c2cccc(CN)c2)ccc1C. The van der Waals surface area contributed by atoms with Crippen LogP contribution in [0.25, 0.3) is 0 Å². The molecule has 110 valence electrons. The van der Waals surface area contributed by atoms with Gasteiger partial charge in [0.2, 0.25) is 0 Å². The Labute approximate surface area is 125 Å². The molecule has 4 nitrogen and oxygen atoms in total. The molecule has 2 rings (SSSR count). The van der Waals surface area contributed by atoms with E-state index in [0.717, 1.165) is 16.8 Å². The molecule has 0 radical (unpaired) electrons. The molecule has 0 heterocycles. The van der Waals surface area contributed by atoms with Crippen molar-refractivity contribution in [1.29, 1.82) is 0 Å². The van der Waals surface area contributed by atoms with Crippen LogP contribution in [0.4, 0.5) is 5.69 Å². The lowest BCUT2D eigenvalue weighted by atomic mass is 10.1. The highest BCUT2D eigenvalue weighted by molar-refractivity contribution is 6.06. The van der Waals surface area contributed by atoms with Crippen LogP contribution >= 0.6 is 0 Å². The molecule has 0 unspecified atom stereocenters. The minimum atomic E-state index is -0.0810. The quantitative estimate of drug-likeness (QED) is 0.939. The number of rotatable bonds is 4. The van der Waals surface area contributed by atoms with E-state index in [1.165, 1.54) is 0 Å². The number of methoxy groups -OCH3 is 1. The average Bonchev–Trinajstić information content (AvgIpc) is 2.54. The van der Waals surface area contributed by atoms with Crippen LogP contribution in [-0.2, 0) is 6.54 Å². The molecule has 1 amide bonds. The molecular weight excluding hydrogens is 264 g/mol. The van der Waals surface area contributed by atoms with Crippen LogP contribution in [0, 0.1) is 6.92 Å². The first-order valence-electron chi connectivity index (χ1n) is 6.78. The van der Waals surface area contributed by atoms with E-state index in [9.17, 15) is 4.79 Å². The van der Waals surface area contributed by atoms with Gasteiger partial charge >= 0.3 is 0 Å². The van der Waals surface area contributed by atoms with Gasteiger partial charge in [-0.25, -0.2) is 0 Å². The lowest BCUT2D eigenvalue weighted by Gasteiger charge is -2.19. The fraction of sp³-hybridized carbons (Fsp3) is 0.235. The number of benzene rings is 2. The van der Waals surface area contributed by atoms with Gasteiger partial charge in [0.15, 0.2) is 0 Å². The van der Waals surface area contributed by atoms with Crippen LogP contribution in [0.2, 0.25) is 0 Å². The van der Waals surface area contributed by atoms with Crippen molar-refractivity contribution < 1.29 is 9.53 Å². The molecule has 0 saturated carbocycles. The number of anilines is 1. The summed E-state index contributed by atoms with van der Waals surface area (Å²) in [4.78, 5) is 14.2. The first kappa shape index (κ1) is 15.1. The number of hydrogen-bond acceptors (Lipinski definition) is 3. The average molecular weight is 284 g/mol. The number of nitrogens with two attached hydrogens (primary N) is 1. The van der Waals surface area contributed by atoms with E-state index < -0.39 is 0 Å². The summed E-state index contributed by atoms with van der Waals surface area (Å²) in [6.07, 6.45) is 0. The molecule has 0 fully saturated rings. The monoisotopic (exact) mass is 284 g/mol. The number of nitrogens with zero attached hydrogens (tertiary/aromatic N) is 1. The number of carbonyl (C=O) groups excluding carboxylic acids is 1. The molecule has 2 N–H and O–H groups in total. The fourth-order valence-corrected chi connectivity index (χ4v) is 2.16. The predicted octanol–water partition coefficient (Wildman–Crippen LogP) is 2.74. The summed E-state index contributed by atoms with van der Waals surface area (Å²) in [5, 5.41) is 0. The summed E-state index contributed by atoms with van der Waals surface area (Å²) in [7, 11) is 3.36. The lowest BCUT2D eigenvalue weighted by Crippen LogP contribution is -2.26. The van der Waals surface area contributed by atoms with E-state index in [1.54, 1.807) is 25.1 Å². The van der Waals surface area contributed by atoms with Crippen molar-refractivity contribution in [3.63, 3.8) is 0 Å². The molecule has 0 aliphatic carbocycles. The third-order valence-corrected chi connectivity index (χ3v) is 3.49. The van der Waals surface area contributed by atoms with Gasteiger partial charge in [0.05, 0.1) is 7.11 Å². The van der Waals surface area contributed by atoms with Crippen LogP contribution < -0.4 is 15.4 Å². The molecule has 2 aromatic carbocycles. The van der Waals surface area contributed by atoms with Gasteiger partial charge in [-0.2, -0.15) is 0 Å². The molecular formula is C17H20N2O2. The van der Waals surface area contributed by atoms with Gasteiger partial charge in [-0.15, -0.1) is 0 Å². The second kappa shape index (κ2) is 6.41. The molecule has 0 saturated heterocycles. The van der Waals surface area contributed by atoms with E-state index in [0.29, 0.717) is 17.9 Å². The number of hydrogen-bond donors (Lipinski definition) is 1. The van der Waals surface area contributed by atoms with Crippen molar-refractivity contribution in [3.8, 4) is 5.75 Å². The minimum absolute atomic E-state index is 0.0810. The second-order valence-electron chi connectivity index (χ2n) is 4.92. The van der Waals surface area contributed by atoms with Crippen molar-refractivity contribution in [2.75, 3.05) is 19.1 Å². The second-order valence-corrected chi connectivity index (χ2v) is 4.92. The highest BCUT2D eigenvalue weighted by Crippen LogP contribution is 2.22. The first-order chi connectivity index (χ1) is 10.1. The molecule has 21 heavy (non-hydrogen) atoms. The maximum absolute atomic E-state index is 12.6. The van der Waals surface area contributed by atoms with E-state index >= 15 is 0 Å². The molecule has 0 aromatic heterocycles. The summed E-state index contributed by atoms with van der Waals surface area (Å²) < 4.78 is 5.27. The topological polar surface area (TPSA) is 55.6 Å². The van der Waals surface area contributed by atoms with Gasteiger partial charge in [-0.05, 0) is 42.3 Å². The molecule has 0 aliphatic heterocycles. The normalized spacial score (nSPS) is 10.3. The smallest absolute Gasteiger partial charge is 0.258 e. The van der Waals surface area contributed by atoms with Gasteiger partial charge in [0.1, 0.15) is 5.75 Å². The Balaban J connectivity index is 2.30. The largest absolute Gasteiger partial charge is 0.496 e. The zero-order valence-electron chi connectivity index (χ0n) is 12.6. The summed E-state index contributed by atoms with van der Waals surface area (Å²) in [5.41, 5.74) is 9.05. The van der Waals surface area contributed by atoms with Crippen molar-refractivity contribution in [2.45, 2.75) is 13.5 Å². The van der Waals surface area contributed by atoms with E-state index in [4.69, 9.17) is 10.5 Å². The van der Waals surface area contributed by atoms with Gasteiger partial charge in [0, 0.05) is 24.8 Å². The van der Waals surface area contributed by atoms with Gasteiger partial charge < -0.3 is 15.4 Å². The Bertz CT molecular complexity index is 653. The third-order valence-electron chi connectivity index (χ3n) is 3.49. The van der Waals surface area contributed by atoms with Crippen LogP contribution in [-0.4, -0.2) is 20.1 Å². The highest BCUT2D eigenvalue weighted by atomic mass is 16.5. The van der Waals surface area contributed by atoms with Crippen LogP contribution in [0.1, 0.15) is 21.5 Å². The third kappa shape index (κ3) is 3.23. The van der Waals surface area contributed by atoms with Crippen molar-refractivity contribution in [2.24, 2.45) is 5.73 Å². The van der Waals surface area contributed by atoms with E-state index in [2.05, 4.69) is 0 Å². The van der Waals surface area contributed by atoms with Crippen molar-refractivity contribution in [1.82, 2.24) is 0 Å². The molecule has 0 atom stereocenters. The first-order valence-corrected chi connectivity index (χ1v) is 6.78. The number of ether oxygens (including phenoxy) is 1. The molecule has 0 spiro atoms. The Hall–Kier alpha value is -2.33. The van der Waals surface area contributed by atoms with E-state index in [-0.39, 0.29) is 5.91 Å². The molecule has 2 aromatic rings. The maximum atomic E-state index is 12.6. The lowest BCUT2D eigenvalue weighted by molar-refractivity contribution is 0.0992. The van der Waals surface area contributed by atoms with Gasteiger partial charge in [-0.3, -0.25) is 4.79 Å². The van der Waals surface area contributed by atoms with Crippen LogP contribution in [0.3, 0.4) is 0 Å². The zero-order valence-corrected chi connectivity index (χ0v) is 12.6. The predicted molar refractivity (Wildman–Crippen MR) is 84.8 cm³/mol. The number of aryl methyl sites for hydroxylation is 1. The summed E-state index contributed by atoms with van der Waals surface area (Å²) in [6.45, 7) is 2.40. The number of carbonyl (C=O) groups is 1. The number of amides is 1. The fourth-order valence-electron chi connectivity index (χ4n) is 2.16. The zero-order chi connectivity index (χ0) is 15.4. The summed E-state index contributed by atoms with van der Waals surface area (Å²) in [5.74, 6) is 0.632. The summed E-state index contributed by atoms with van der Waals surface area (Å²) >= 11 is 0. The Kier molecular flexibility index (Phi) is 4.60. The van der Waals surface area contributed by atoms with Crippen LogP contribution in [0.5, 0.6) is 5.75 Å². The molecule has 0 aliphatic rings.